The molecule has 2 atom stereocenters. The fourth-order valence-corrected chi connectivity index (χ4v) is 1.86. The normalized spacial score (nSPS) is 14.7. The van der Waals surface area contributed by atoms with Crippen LogP contribution in [-0.2, 0) is 4.74 Å². The molecule has 2 N–H and O–H groups in total. The summed E-state index contributed by atoms with van der Waals surface area (Å²) in [6, 6.07) is 0. The van der Waals surface area contributed by atoms with Crippen LogP contribution < -0.4 is 0 Å². The summed E-state index contributed by atoms with van der Waals surface area (Å²) in [4.78, 5) is 14.3. The van der Waals surface area contributed by atoms with Crippen LogP contribution >= 0.6 is 0 Å². The van der Waals surface area contributed by atoms with Crippen LogP contribution in [0.2, 0.25) is 0 Å². The Labute approximate surface area is 101 Å². The number of H-pyrrole nitrogens is 2. The van der Waals surface area contributed by atoms with Crippen LogP contribution in [0.4, 0.5) is 0 Å². The lowest BCUT2D eigenvalue weighted by Crippen LogP contribution is -2.10. The number of nitrogens with zero attached hydrogens (tertiary/aromatic N) is 2. The zero-order valence-electron chi connectivity index (χ0n) is 10.2. The van der Waals surface area contributed by atoms with Crippen molar-refractivity contribution < 1.29 is 4.74 Å². The van der Waals surface area contributed by atoms with E-state index in [0.717, 1.165) is 24.2 Å². The first kappa shape index (κ1) is 11.9. The molecular formula is C12H18N4O. The third-order valence-corrected chi connectivity index (χ3v) is 2.80. The standard InChI is InChI=1S/C12H18N4O/c1-3-11(9-5-13-7-15-9)17-12(4-2)10-6-14-8-16-10/h5-8,11-12H,3-4H2,1-2H3,(H,13,15)(H,14,16). The summed E-state index contributed by atoms with van der Waals surface area (Å²) in [5, 5.41) is 0. The van der Waals surface area contributed by atoms with Crippen LogP contribution in [0.15, 0.2) is 25.0 Å². The smallest absolute Gasteiger partial charge is 0.0995 e. The molecule has 0 bridgehead atoms. The monoisotopic (exact) mass is 234 g/mol. The summed E-state index contributed by atoms with van der Waals surface area (Å²) in [5.74, 6) is 0. The van der Waals surface area contributed by atoms with E-state index in [2.05, 4.69) is 33.8 Å². The van der Waals surface area contributed by atoms with Gasteiger partial charge < -0.3 is 14.7 Å². The van der Waals surface area contributed by atoms with Crippen molar-refractivity contribution in [1.29, 1.82) is 0 Å². The predicted molar refractivity (Wildman–Crippen MR) is 64.3 cm³/mol. The van der Waals surface area contributed by atoms with Gasteiger partial charge in [0, 0.05) is 0 Å². The molecule has 2 rings (SSSR count). The molecule has 0 radical (unpaired) electrons. The van der Waals surface area contributed by atoms with E-state index in [-0.39, 0.29) is 12.2 Å². The van der Waals surface area contributed by atoms with Gasteiger partial charge in [0.2, 0.25) is 0 Å². The highest BCUT2D eigenvalue weighted by Crippen LogP contribution is 2.28. The van der Waals surface area contributed by atoms with Gasteiger partial charge in [0.1, 0.15) is 0 Å². The summed E-state index contributed by atoms with van der Waals surface area (Å²) in [5.41, 5.74) is 2.04. The Morgan fingerprint density at radius 3 is 1.76 bits per heavy atom. The van der Waals surface area contributed by atoms with Gasteiger partial charge in [0.15, 0.2) is 0 Å². The lowest BCUT2D eigenvalue weighted by Gasteiger charge is -2.21. The van der Waals surface area contributed by atoms with Gasteiger partial charge in [-0.1, -0.05) is 13.8 Å². The quantitative estimate of drug-likeness (QED) is 0.807. The molecule has 0 saturated heterocycles. The van der Waals surface area contributed by atoms with E-state index >= 15 is 0 Å². The van der Waals surface area contributed by atoms with E-state index in [4.69, 9.17) is 4.74 Å². The zero-order valence-corrected chi connectivity index (χ0v) is 10.2. The average molecular weight is 234 g/mol. The van der Waals surface area contributed by atoms with E-state index < -0.39 is 0 Å². The Balaban J connectivity index is 2.07. The zero-order chi connectivity index (χ0) is 12.1. The molecule has 5 nitrogen and oxygen atoms in total. The highest BCUT2D eigenvalue weighted by Gasteiger charge is 2.19. The summed E-state index contributed by atoms with van der Waals surface area (Å²) < 4.78 is 6.10. The van der Waals surface area contributed by atoms with Crippen LogP contribution in [0, 0.1) is 0 Å². The molecule has 5 heteroatoms. The van der Waals surface area contributed by atoms with Crippen LogP contribution in [-0.4, -0.2) is 19.9 Å². The highest BCUT2D eigenvalue weighted by atomic mass is 16.5. The van der Waals surface area contributed by atoms with Gasteiger partial charge in [-0.3, -0.25) is 0 Å². The number of aromatic nitrogens is 4. The number of nitrogens with one attached hydrogen (secondary N) is 2. The van der Waals surface area contributed by atoms with Crippen molar-refractivity contribution in [2.45, 2.75) is 38.9 Å². The number of hydrogen-bond donors (Lipinski definition) is 2. The molecular weight excluding hydrogens is 216 g/mol. The third-order valence-electron chi connectivity index (χ3n) is 2.80. The molecule has 0 aliphatic carbocycles. The molecule has 17 heavy (non-hydrogen) atoms. The number of hydrogen-bond acceptors (Lipinski definition) is 3. The summed E-state index contributed by atoms with van der Waals surface area (Å²) in [7, 11) is 0. The lowest BCUT2D eigenvalue weighted by molar-refractivity contribution is -0.0231. The van der Waals surface area contributed by atoms with Gasteiger partial charge in [0.25, 0.3) is 0 Å². The van der Waals surface area contributed by atoms with Crippen LogP contribution in [0.25, 0.3) is 0 Å². The first-order chi connectivity index (χ1) is 8.35. The molecule has 0 aliphatic rings. The van der Waals surface area contributed by atoms with Gasteiger partial charge in [-0.25, -0.2) is 9.97 Å². The van der Waals surface area contributed by atoms with Crippen LogP contribution in [0.1, 0.15) is 50.3 Å². The maximum atomic E-state index is 6.10. The molecule has 2 heterocycles. The van der Waals surface area contributed by atoms with Crippen molar-refractivity contribution in [2.75, 3.05) is 0 Å². The van der Waals surface area contributed by atoms with Crippen molar-refractivity contribution in [3.8, 4) is 0 Å². The molecule has 0 spiro atoms. The third kappa shape index (κ3) is 2.74. The minimum atomic E-state index is 0.0470. The second-order valence-electron chi connectivity index (χ2n) is 3.94. The van der Waals surface area contributed by atoms with E-state index in [1.54, 1.807) is 12.7 Å². The summed E-state index contributed by atoms with van der Waals surface area (Å²) >= 11 is 0. The SMILES string of the molecule is CCC(OC(CC)c1cnc[nH]1)c1cnc[nH]1. The molecule has 2 unspecified atom stereocenters. The molecule has 0 aromatic carbocycles. The van der Waals surface area contributed by atoms with Gasteiger partial charge in [-0.2, -0.15) is 0 Å². The first-order valence-electron chi connectivity index (χ1n) is 5.97. The second-order valence-corrected chi connectivity index (χ2v) is 3.94. The van der Waals surface area contributed by atoms with Gasteiger partial charge in [-0.05, 0) is 12.8 Å². The molecule has 0 aliphatic heterocycles. The van der Waals surface area contributed by atoms with E-state index in [1.807, 2.05) is 12.4 Å². The van der Waals surface area contributed by atoms with Crippen molar-refractivity contribution in [2.24, 2.45) is 0 Å². The van der Waals surface area contributed by atoms with Crippen LogP contribution in [0.3, 0.4) is 0 Å². The number of ether oxygens (including phenoxy) is 1. The number of aromatic amines is 2. The Kier molecular flexibility index (Phi) is 3.93. The highest BCUT2D eigenvalue weighted by molar-refractivity contribution is 5.03. The molecule has 0 saturated carbocycles. The topological polar surface area (TPSA) is 66.6 Å². The van der Waals surface area contributed by atoms with Gasteiger partial charge >= 0.3 is 0 Å². The van der Waals surface area contributed by atoms with Crippen molar-refractivity contribution >= 4 is 0 Å². The Morgan fingerprint density at radius 1 is 1.00 bits per heavy atom. The van der Waals surface area contributed by atoms with Crippen molar-refractivity contribution in [3.05, 3.63) is 36.4 Å². The molecule has 2 aromatic heterocycles. The van der Waals surface area contributed by atoms with E-state index in [0.29, 0.717) is 0 Å². The average Bonchev–Trinajstić information content (AvgIpc) is 3.03. The molecule has 0 fully saturated rings. The number of imidazole rings is 2. The van der Waals surface area contributed by atoms with Crippen LogP contribution in [0.5, 0.6) is 0 Å². The predicted octanol–water partition coefficient (Wildman–Crippen LogP) is 2.75. The summed E-state index contributed by atoms with van der Waals surface area (Å²) in [6.07, 6.45) is 8.90. The maximum absolute atomic E-state index is 6.10. The number of rotatable bonds is 6. The second kappa shape index (κ2) is 5.63. The maximum Gasteiger partial charge on any atom is 0.0995 e. The molecule has 2 aromatic rings. The van der Waals surface area contributed by atoms with E-state index in [1.165, 1.54) is 0 Å². The Bertz CT molecular complexity index is 369. The fraction of sp³-hybridized carbons (Fsp3) is 0.500. The van der Waals surface area contributed by atoms with E-state index in [9.17, 15) is 0 Å². The van der Waals surface area contributed by atoms with Crippen molar-refractivity contribution in [3.63, 3.8) is 0 Å². The molecule has 92 valence electrons. The first-order valence-corrected chi connectivity index (χ1v) is 5.97. The molecule has 0 amide bonds. The van der Waals surface area contributed by atoms with Gasteiger partial charge in [0.05, 0.1) is 48.6 Å². The van der Waals surface area contributed by atoms with Crippen molar-refractivity contribution in [1.82, 2.24) is 19.9 Å². The largest absolute Gasteiger partial charge is 0.362 e. The minimum Gasteiger partial charge on any atom is -0.362 e. The summed E-state index contributed by atoms with van der Waals surface area (Å²) in [6.45, 7) is 4.20. The van der Waals surface area contributed by atoms with Gasteiger partial charge in [-0.15, -0.1) is 0 Å². The Morgan fingerprint density at radius 2 is 1.47 bits per heavy atom. The minimum absolute atomic E-state index is 0.0470. The lowest BCUT2D eigenvalue weighted by atomic mass is 10.1. The fourth-order valence-electron chi connectivity index (χ4n) is 1.86. The Hall–Kier alpha value is -1.62.